The van der Waals surface area contributed by atoms with Gasteiger partial charge in [0.1, 0.15) is 0 Å². The molecule has 0 aliphatic heterocycles. The predicted octanol–water partition coefficient (Wildman–Crippen LogP) is 1.65. The summed E-state index contributed by atoms with van der Waals surface area (Å²) in [6, 6.07) is 0. The van der Waals surface area contributed by atoms with Crippen LogP contribution in [-0.4, -0.2) is 25.8 Å². The second-order valence-electron chi connectivity index (χ2n) is 3.41. The first-order valence-corrected chi connectivity index (χ1v) is 5.71. The molecule has 0 unspecified atom stereocenters. The van der Waals surface area contributed by atoms with Crippen molar-refractivity contribution in [3.05, 3.63) is 28.3 Å². The van der Waals surface area contributed by atoms with Gasteiger partial charge in [0.15, 0.2) is 5.82 Å². The van der Waals surface area contributed by atoms with Gasteiger partial charge in [-0.05, 0) is 18.9 Å². The molecule has 84 valence electrons. The predicted molar refractivity (Wildman–Crippen MR) is 59.9 cm³/mol. The van der Waals surface area contributed by atoms with Gasteiger partial charge >= 0.3 is 5.97 Å². The van der Waals surface area contributed by atoms with Gasteiger partial charge in [0.05, 0.1) is 11.2 Å². The Kier molecular flexibility index (Phi) is 3.00. The van der Waals surface area contributed by atoms with E-state index in [0.29, 0.717) is 6.42 Å². The molecule has 1 N–H and O–H groups in total. The molecule has 2 aromatic rings. The minimum Gasteiger partial charge on any atom is -0.481 e. The normalized spacial score (nSPS) is 10.6. The number of carbonyl (C=O) groups is 1. The molecule has 0 amide bonds. The standard InChI is InChI=1S/C10H11N3O2S/c1-7-12-9(6-16-7)13-5-8(4-11-13)2-3-10(14)15/h4-6H,2-3H2,1H3,(H,14,15). The molecule has 0 fully saturated rings. The molecular weight excluding hydrogens is 226 g/mol. The molecule has 0 aliphatic carbocycles. The van der Waals surface area contributed by atoms with Gasteiger partial charge in [-0.1, -0.05) is 0 Å². The van der Waals surface area contributed by atoms with E-state index in [1.54, 1.807) is 22.2 Å². The lowest BCUT2D eigenvalue weighted by Crippen LogP contribution is -1.97. The van der Waals surface area contributed by atoms with Crippen molar-refractivity contribution < 1.29 is 9.90 Å². The van der Waals surface area contributed by atoms with Crippen LogP contribution < -0.4 is 0 Å². The minimum atomic E-state index is -0.794. The first kappa shape index (κ1) is 10.8. The third-order valence-electron chi connectivity index (χ3n) is 2.11. The summed E-state index contributed by atoms with van der Waals surface area (Å²) < 4.78 is 1.67. The second kappa shape index (κ2) is 4.44. The fourth-order valence-corrected chi connectivity index (χ4v) is 1.91. The Morgan fingerprint density at radius 3 is 3.06 bits per heavy atom. The van der Waals surface area contributed by atoms with Gasteiger partial charge in [-0.25, -0.2) is 9.67 Å². The fourth-order valence-electron chi connectivity index (χ4n) is 1.32. The third kappa shape index (κ3) is 2.46. The maximum Gasteiger partial charge on any atom is 0.303 e. The first-order valence-electron chi connectivity index (χ1n) is 4.83. The Balaban J connectivity index is 2.10. The molecule has 0 saturated carbocycles. The number of thiazole rings is 1. The van der Waals surface area contributed by atoms with Crippen molar-refractivity contribution in [2.24, 2.45) is 0 Å². The zero-order chi connectivity index (χ0) is 11.5. The van der Waals surface area contributed by atoms with Gasteiger partial charge in [-0.3, -0.25) is 4.79 Å². The quantitative estimate of drug-likeness (QED) is 0.878. The molecular formula is C10H11N3O2S. The molecule has 0 aliphatic rings. The largest absolute Gasteiger partial charge is 0.481 e. The van der Waals surface area contributed by atoms with Gasteiger partial charge in [0, 0.05) is 18.0 Å². The van der Waals surface area contributed by atoms with Crippen molar-refractivity contribution in [2.45, 2.75) is 19.8 Å². The zero-order valence-corrected chi connectivity index (χ0v) is 9.57. The average Bonchev–Trinajstić information content (AvgIpc) is 2.83. The average molecular weight is 237 g/mol. The summed E-state index contributed by atoms with van der Waals surface area (Å²) in [5.41, 5.74) is 0.910. The van der Waals surface area contributed by atoms with Gasteiger partial charge in [-0.15, -0.1) is 11.3 Å². The van der Waals surface area contributed by atoms with Gasteiger partial charge < -0.3 is 5.11 Å². The van der Waals surface area contributed by atoms with Crippen LogP contribution in [0.4, 0.5) is 0 Å². The number of rotatable bonds is 4. The third-order valence-corrected chi connectivity index (χ3v) is 2.87. The molecule has 2 aromatic heterocycles. The van der Waals surface area contributed by atoms with Crippen molar-refractivity contribution in [1.82, 2.24) is 14.8 Å². The first-order chi connectivity index (χ1) is 7.65. The Labute approximate surface area is 96.4 Å². The van der Waals surface area contributed by atoms with Crippen molar-refractivity contribution in [3.63, 3.8) is 0 Å². The minimum absolute atomic E-state index is 0.127. The molecule has 0 spiro atoms. The van der Waals surface area contributed by atoms with Crippen LogP contribution in [0.1, 0.15) is 17.0 Å². The smallest absolute Gasteiger partial charge is 0.303 e. The highest BCUT2D eigenvalue weighted by Gasteiger charge is 2.05. The maximum absolute atomic E-state index is 10.4. The monoisotopic (exact) mass is 237 g/mol. The Morgan fingerprint density at radius 2 is 2.44 bits per heavy atom. The highest BCUT2D eigenvalue weighted by Crippen LogP contribution is 2.13. The van der Waals surface area contributed by atoms with E-state index in [2.05, 4.69) is 10.1 Å². The van der Waals surface area contributed by atoms with E-state index in [1.165, 1.54) is 0 Å². The summed E-state index contributed by atoms with van der Waals surface area (Å²) in [7, 11) is 0. The maximum atomic E-state index is 10.4. The number of carboxylic acids is 1. The molecule has 0 aromatic carbocycles. The number of aromatic nitrogens is 3. The lowest BCUT2D eigenvalue weighted by Gasteiger charge is -1.93. The summed E-state index contributed by atoms with van der Waals surface area (Å²) in [5, 5.41) is 15.6. The van der Waals surface area contributed by atoms with Crippen LogP contribution in [0.15, 0.2) is 17.8 Å². The van der Waals surface area contributed by atoms with Crippen molar-refractivity contribution in [2.75, 3.05) is 0 Å². The molecule has 2 rings (SSSR count). The van der Waals surface area contributed by atoms with E-state index in [9.17, 15) is 4.79 Å². The molecule has 0 atom stereocenters. The van der Waals surface area contributed by atoms with Gasteiger partial charge in [-0.2, -0.15) is 5.10 Å². The number of hydrogen-bond donors (Lipinski definition) is 1. The molecule has 5 nitrogen and oxygen atoms in total. The van der Waals surface area contributed by atoms with Crippen molar-refractivity contribution in [1.29, 1.82) is 0 Å². The summed E-state index contributed by atoms with van der Waals surface area (Å²) in [5.74, 6) is -0.0127. The molecule has 0 bridgehead atoms. The van der Waals surface area contributed by atoms with E-state index in [-0.39, 0.29) is 6.42 Å². The highest BCUT2D eigenvalue weighted by atomic mass is 32.1. The van der Waals surface area contributed by atoms with Crippen LogP contribution >= 0.6 is 11.3 Å². The lowest BCUT2D eigenvalue weighted by molar-refractivity contribution is -0.136. The molecule has 6 heteroatoms. The number of carboxylic acid groups (broad SMARTS) is 1. The molecule has 0 saturated heterocycles. The van der Waals surface area contributed by atoms with Crippen LogP contribution in [0, 0.1) is 6.92 Å². The summed E-state index contributed by atoms with van der Waals surface area (Å²) in [6.07, 6.45) is 4.12. The molecule has 2 heterocycles. The summed E-state index contributed by atoms with van der Waals surface area (Å²) >= 11 is 1.56. The van der Waals surface area contributed by atoms with E-state index in [1.807, 2.05) is 18.5 Å². The van der Waals surface area contributed by atoms with Gasteiger partial charge in [0.2, 0.25) is 0 Å². The number of nitrogens with zero attached hydrogens (tertiary/aromatic N) is 3. The molecule has 0 radical (unpaired) electrons. The van der Waals surface area contributed by atoms with Crippen molar-refractivity contribution in [3.8, 4) is 5.82 Å². The summed E-state index contributed by atoms with van der Waals surface area (Å²) in [4.78, 5) is 14.7. The lowest BCUT2D eigenvalue weighted by atomic mass is 10.2. The Hall–Kier alpha value is -1.69. The Morgan fingerprint density at radius 1 is 1.62 bits per heavy atom. The van der Waals surface area contributed by atoms with Crippen LogP contribution in [0.3, 0.4) is 0 Å². The van der Waals surface area contributed by atoms with Crippen LogP contribution in [0.25, 0.3) is 5.82 Å². The Bertz CT molecular complexity index is 504. The van der Waals surface area contributed by atoms with E-state index < -0.39 is 5.97 Å². The topological polar surface area (TPSA) is 68.0 Å². The summed E-state index contributed by atoms with van der Waals surface area (Å²) in [6.45, 7) is 1.93. The highest BCUT2D eigenvalue weighted by molar-refractivity contribution is 7.09. The van der Waals surface area contributed by atoms with Gasteiger partial charge in [0.25, 0.3) is 0 Å². The number of aliphatic carboxylic acids is 1. The van der Waals surface area contributed by atoms with Crippen LogP contribution in [-0.2, 0) is 11.2 Å². The zero-order valence-electron chi connectivity index (χ0n) is 8.75. The van der Waals surface area contributed by atoms with Crippen LogP contribution in [0.5, 0.6) is 0 Å². The number of aryl methyl sites for hydroxylation is 2. The van der Waals surface area contributed by atoms with E-state index >= 15 is 0 Å². The SMILES string of the molecule is Cc1nc(-n2cc(CCC(=O)O)cn2)cs1. The molecule has 16 heavy (non-hydrogen) atoms. The van der Waals surface area contributed by atoms with Crippen LogP contribution in [0.2, 0.25) is 0 Å². The van der Waals surface area contributed by atoms with Crippen molar-refractivity contribution >= 4 is 17.3 Å². The fraction of sp³-hybridized carbons (Fsp3) is 0.300. The van der Waals surface area contributed by atoms with E-state index in [4.69, 9.17) is 5.11 Å². The second-order valence-corrected chi connectivity index (χ2v) is 4.47. The van der Waals surface area contributed by atoms with E-state index in [0.717, 1.165) is 16.4 Å². The number of hydrogen-bond acceptors (Lipinski definition) is 4.